The van der Waals surface area contributed by atoms with Gasteiger partial charge in [-0.3, -0.25) is 0 Å². The van der Waals surface area contributed by atoms with Gasteiger partial charge in [-0.1, -0.05) is 226 Å². The molecule has 0 spiro atoms. The third-order valence-electron chi connectivity index (χ3n) is 11.4. The molecule has 0 atom stereocenters. The maximum absolute atomic E-state index is 8.70. The van der Waals surface area contributed by atoms with E-state index in [0.29, 0.717) is 66.1 Å². The monoisotopic (exact) mass is 915 g/mol. The normalized spacial score (nSPS) is 10.8. The molecular formula is C59H94O7. The van der Waals surface area contributed by atoms with Crippen molar-refractivity contribution in [1.29, 1.82) is 0 Å². The molecule has 0 heterocycles. The van der Waals surface area contributed by atoms with Crippen LogP contribution in [0.2, 0.25) is 0 Å². The third kappa shape index (κ3) is 38.7. The molecule has 7 heteroatoms. The van der Waals surface area contributed by atoms with E-state index >= 15 is 0 Å². The van der Waals surface area contributed by atoms with Crippen LogP contribution in [0.25, 0.3) is 16.7 Å². The maximum atomic E-state index is 8.70. The molecule has 66 heavy (non-hydrogen) atoms. The molecule has 0 aliphatic carbocycles. The lowest BCUT2D eigenvalue weighted by Gasteiger charge is -2.08. The molecule has 0 aliphatic heterocycles. The number of ether oxygens (including phenoxy) is 4. The van der Waals surface area contributed by atoms with Gasteiger partial charge in [0.25, 0.3) is 0 Å². The van der Waals surface area contributed by atoms with Crippen molar-refractivity contribution < 1.29 is 34.3 Å². The molecular weight excluding hydrogens is 821 g/mol. The van der Waals surface area contributed by atoms with Crippen molar-refractivity contribution in [3.8, 4) is 0 Å². The molecule has 372 valence electrons. The van der Waals surface area contributed by atoms with Crippen molar-refractivity contribution in [1.82, 2.24) is 0 Å². The Labute approximate surface area is 403 Å². The number of aliphatic hydroxyl groups is 3. The SMILES string of the molecule is C=C(CCCCCCCCCCCCCO)c1ccccc1.C=C(CCCCCCCCCCCCCO)c1ccccc1.C=C(COCCOCCOCCOCCO)c1ccccc1. The third-order valence-corrected chi connectivity index (χ3v) is 11.4. The minimum atomic E-state index is 0.0415. The van der Waals surface area contributed by atoms with Crippen LogP contribution in [-0.4, -0.2) is 88.0 Å². The summed E-state index contributed by atoms with van der Waals surface area (Å²) in [5, 5.41) is 25.9. The first-order chi connectivity index (χ1) is 32.5. The average molecular weight is 915 g/mol. The number of hydrogen-bond acceptors (Lipinski definition) is 7. The number of rotatable bonds is 42. The molecule has 0 saturated carbocycles. The van der Waals surface area contributed by atoms with Gasteiger partial charge < -0.3 is 34.3 Å². The Morgan fingerprint density at radius 2 is 0.545 bits per heavy atom. The summed E-state index contributed by atoms with van der Waals surface area (Å²) in [5.74, 6) is 0. The summed E-state index contributed by atoms with van der Waals surface area (Å²) in [5.41, 5.74) is 7.21. The Morgan fingerprint density at radius 3 is 0.848 bits per heavy atom. The Bertz CT molecular complexity index is 1300. The minimum absolute atomic E-state index is 0.0415. The zero-order valence-corrected chi connectivity index (χ0v) is 41.5. The van der Waals surface area contributed by atoms with Gasteiger partial charge >= 0.3 is 0 Å². The van der Waals surface area contributed by atoms with E-state index in [2.05, 4.69) is 80.4 Å². The summed E-state index contributed by atoms with van der Waals surface area (Å²) in [6.07, 6.45) is 30.9. The highest BCUT2D eigenvalue weighted by molar-refractivity contribution is 5.64. The fraction of sp³-hybridized carbons (Fsp3) is 0.593. The second-order valence-electron chi connectivity index (χ2n) is 17.2. The number of benzene rings is 3. The molecule has 0 aromatic heterocycles. The zero-order valence-electron chi connectivity index (χ0n) is 41.5. The van der Waals surface area contributed by atoms with Crippen LogP contribution in [0.4, 0.5) is 0 Å². The number of unbranched alkanes of at least 4 members (excludes halogenated alkanes) is 20. The summed E-state index contributed by atoms with van der Waals surface area (Å²) >= 11 is 0. The first kappa shape index (κ1) is 60.6. The maximum Gasteiger partial charge on any atom is 0.0718 e. The molecule has 0 radical (unpaired) electrons. The van der Waals surface area contributed by atoms with E-state index in [-0.39, 0.29) is 6.61 Å². The number of allylic oxidation sites excluding steroid dienone is 2. The van der Waals surface area contributed by atoms with Crippen molar-refractivity contribution in [3.05, 3.63) is 127 Å². The molecule has 3 N–H and O–H groups in total. The van der Waals surface area contributed by atoms with E-state index in [0.717, 1.165) is 36.8 Å². The van der Waals surface area contributed by atoms with Gasteiger partial charge in [-0.15, -0.1) is 0 Å². The van der Waals surface area contributed by atoms with Crippen LogP contribution in [0, 0.1) is 0 Å². The molecule has 3 aromatic rings. The van der Waals surface area contributed by atoms with Crippen LogP contribution in [0.5, 0.6) is 0 Å². The van der Waals surface area contributed by atoms with Crippen LogP contribution in [0.15, 0.2) is 111 Å². The van der Waals surface area contributed by atoms with Gasteiger partial charge in [-0.2, -0.15) is 0 Å². The Hall–Kier alpha value is -3.40. The summed E-state index contributed by atoms with van der Waals surface area (Å²) in [6.45, 7) is 17.1. The van der Waals surface area contributed by atoms with Crippen molar-refractivity contribution in [3.63, 3.8) is 0 Å². The van der Waals surface area contributed by atoms with Gasteiger partial charge in [-0.25, -0.2) is 0 Å². The summed E-state index contributed by atoms with van der Waals surface area (Å²) in [6, 6.07) is 31.1. The molecule has 3 aromatic carbocycles. The topological polar surface area (TPSA) is 97.6 Å². The van der Waals surface area contributed by atoms with E-state index in [1.807, 2.05) is 30.3 Å². The van der Waals surface area contributed by atoms with E-state index in [1.54, 1.807) is 0 Å². The lowest BCUT2D eigenvalue weighted by Crippen LogP contribution is -2.12. The first-order valence-electron chi connectivity index (χ1n) is 25.9. The molecule has 0 aliphatic rings. The Balaban J connectivity index is 0.000000495. The fourth-order valence-corrected chi connectivity index (χ4v) is 7.40. The first-order valence-corrected chi connectivity index (χ1v) is 25.9. The largest absolute Gasteiger partial charge is 0.396 e. The number of hydrogen-bond donors (Lipinski definition) is 3. The molecule has 3 rings (SSSR count). The molecule has 0 unspecified atom stereocenters. The van der Waals surface area contributed by atoms with Crippen molar-refractivity contribution in [2.45, 2.75) is 154 Å². The van der Waals surface area contributed by atoms with Crippen molar-refractivity contribution in [2.24, 2.45) is 0 Å². The van der Waals surface area contributed by atoms with Crippen LogP contribution < -0.4 is 0 Å². The predicted octanol–water partition coefficient (Wildman–Crippen LogP) is 14.5. The predicted molar refractivity (Wildman–Crippen MR) is 282 cm³/mol. The lowest BCUT2D eigenvalue weighted by molar-refractivity contribution is -0.00288. The minimum Gasteiger partial charge on any atom is -0.396 e. The van der Waals surface area contributed by atoms with E-state index in [1.165, 1.54) is 151 Å². The van der Waals surface area contributed by atoms with E-state index in [9.17, 15) is 0 Å². The van der Waals surface area contributed by atoms with Crippen molar-refractivity contribution in [2.75, 3.05) is 72.7 Å². The zero-order chi connectivity index (χ0) is 47.6. The average Bonchev–Trinajstić information content (AvgIpc) is 3.36. The highest BCUT2D eigenvalue weighted by Crippen LogP contribution is 2.21. The van der Waals surface area contributed by atoms with E-state index < -0.39 is 0 Å². The fourth-order valence-electron chi connectivity index (χ4n) is 7.40. The second kappa shape index (κ2) is 48.1. The molecule has 0 saturated heterocycles. The van der Waals surface area contributed by atoms with Crippen LogP contribution in [-0.2, 0) is 18.9 Å². The Morgan fingerprint density at radius 1 is 0.288 bits per heavy atom. The standard InChI is InChI=1S/2C21H34O.C17H26O5/c2*1-20(21-17-13-11-14-18-21)16-12-9-7-5-3-2-4-6-8-10-15-19-22;1-16(17-5-3-2-4-6-17)15-22-14-13-21-12-11-20-10-9-19-8-7-18/h2*11,13-14,17-18,22H,1-10,12,15-16,19H2;2-6,18H,1,7-15H2. The van der Waals surface area contributed by atoms with Crippen LogP contribution in [0.3, 0.4) is 0 Å². The highest BCUT2D eigenvalue weighted by Gasteiger charge is 2.01. The quantitative estimate of drug-likeness (QED) is 0.0487. The Kier molecular flexibility index (Phi) is 44.1. The van der Waals surface area contributed by atoms with Crippen LogP contribution in [0.1, 0.15) is 171 Å². The van der Waals surface area contributed by atoms with Gasteiger partial charge in [0.1, 0.15) is 0 Å². The van der Waals surface area contributed by atoms with Crippen molar-refractivity contribution >= 4 is 16.7 Å². The van der Waals surface area contributed by atoms with E-state index in [4.69, 9.17) is 34.3 Å². The van der Waals surface area contributed by atoms with Gasteiger partial charge in [0, 0.05) is 13.2 Å². The van der Waals surface area contributed by atoms with Crippen LogP contribution >= 0.6 is 0 Å². The molecule has 7 nitrogen and oxygen atoms in total. The molecule has 0 amide bonds. The second-order valence-corrected chi connectivity index (χ2v) is 17.2. The summed E-state index contributed by atoms with van der Waals surface area (Å²) < 4.78 is 21.3. The number of aliphatic hydroxyl groups excluding tert-OH is 3. The summed E-state index contributed by atoms with van der Waals surface area (Å²) in [4.78, 5) is 0. The van der Waals surface area contributed by atoms with Gasteiger partial charge in [0.2, 0.25) is 0 Å². The van der Waals surface area contributed by atoms with Gasteiger partial charge in [0.15, 0.2) is 0 Å². The molecule has 0 fully saturated rings. The lowest BCUT2D eigenvalue weighted by atomic mass is 10.00. The summed E-state index contributed by atoms with van der Waals surface area (Å²) in [7, 11) is 0. The smallest absolute Gasteiger partial charge is 0.0718 e. The van der Waals surface area contributed by atoms with Gasteiger partial charge in [-0.05, 0) is 71.9 Å². The van der Waals surface area contributed by atoms with Gasteiger partial charge in [0.05, 0.1) is 59.5 Å². The highest BCUT2D eigenvalue weighted by atomic mass is 16.6. The molecule has 0 bridgehead atoms.